The predicted molar refractivity (Wildman–Crippen MR) is 82.3 cm³/mol. The summed E-state index contributed by atoms with van der Waals surface area (Å²) in [6, 6.07) is 0.308. The van der Waals surface area contributed by atoms with Crippen LogP contribution in [0.5, 0.6) is 0 Å². The topological polar surface area (TPSA) is 39.1 Å². The van der Waals surface area contributed by atoms with E-state index in [0.717, 1.165) is 48.6 Å². The molecule has 1 aliphatic heterocycles. The summed E-state index contributed by atoms with van der Waals surface area (Å²) in [4.78, 5) is 0. The monoisotopic (exact) mass is 299 g/mol. The molecule has 2 heterocycles. The molecule has 1 aromatic heterocycles. The Balaban J connectivity index is 2.13. The third-order valence-electron chi connectivity index (χ3n) is 4.10. The van der Waals surface area contributed by atoms with Crippen molar-refractivity contribution in [3.05, 3.63) is 16.4 Å². The van der Waals surface area contributed by atoms with E-state index >= 15 is 0 Å². The zero-order chi connectivity index (χ0) is 14.7. The van der Waals surface area contributed by atoms with Crippen LogP contribution in [0, 0.1) is 0 Å². The molecule has 0 aliphatic carbocycles. The molecule has 1 fully saturated rings. The van der Waals surface area contributed by atoms with Gasteiger partial charge in [0, 0.05) is 19.5 Å². The molecule has 114 valence electrons. The van der Waals surface area contributed by atoms with Gasteiger partial charge in [-0.1, -0.05) is 25.4 Å². The van der Waals surface area contributed by atoms with E-state index in [4.69, 9.17) is 16.3 Å². The van der Waals surface area contributed by atoms with Gasteiger partial charge in [0.25, 0.3) is 0 Å². The van der Waals surface area contributed by atoms with E-state index in [0.29, 0.717) is 12.1 Å². The highest BCUT2D eigenvalue weighted by atomic mass is 35.5. The summed E-state index contributed by atoms with van der Waals surface area (Å²) in [5.41, 5.74) is 2.10. The van der Waals surface area contributed by atoms with E-state index < -0.39 is 0 Å². The third-order valence-corrected chi connectivity index (χ3v) is 4.53. The average molecular weight is 300 g/mol. The van der Waals surface area contributed by atoms with Crippen LogP contribution in [-0.4, -0.2) is 34.6 Å². The fourth-order valence-electron chi connectivity index (χ4n) is 2.98. The lowest BCUT2D eigenvalue weighted by atomic mass is 10.0. The van der Waals surface area contributed by atoms with Gasteiger partial charge in [-0.05, 0) is 32.7 Å². The van der Waals surface area contributed by atoms with E-state index in [9.17, 15) is 0 Å². The molecule has 1 aromatic rings. The molecule has 1 aliphatic rings. The molecule has 3 atom stereocenters. The maximum Gasteiger partial charge on any atom is 0.0850 e. The van der Waals surface area contributed by atoms with Gasteiger partial charge in [0.15, 0.2) is 0 Å². The van der Waals surface area contributed by atoms with Crippen LogP contribution < -0.4 is 5.32 Å². The first kappa shape index (κ1) is 15.8. The quantitative estimate of drug-likeness (QED) is 0.878. The molecule has 0 spiro atoms. The van der Waals surface area contributed by atoms with E-state index in [1.165, 1.54) is 0 Å². The minimum atomic E-state index is 0.279. The number of aryl methyl sites for hydroxylation is 2. The van der Waals surface area contributed by atoms with Gasteiger partial charge in [0.1, 0.15) is 0 Å². The summed E-state index contributed by atoms with van der Waals surface area (Å²) in [7, 11) is 1.97. The standard InChI is InChI=1S/C15H26ClN3O/c1-5-11-15(16)13(19(4)18-11)9-12(17-6-2)14-8-7-10(3)20-14/h10,12,14,17H,5-9H2,1-4H3. The summed E-state index contributed by atoms with van der Waals surface area (Å²) < 4.78 is 7.95. The van der Waals surface area contributed by atoms with Gasteiger partial charge in [-0.25, -0.2) is 0 Å². The van der Waals surface area contributed by atoms with Crippen molar-refractivity contribution in [2.24, 2.45) is 7.05 Å². The smallest absolute Gasteiger partial charge is 0.0850 e. The van der Waals surface area contributed by atoms with Gasteiger partial charge in [-0.3, -0.25) is 4.68 Å². The normalized spacial score (nSPS) is 24.2. The largest absolute Gasteiger partial charge is 0.374 e. The van der Waals surface area contributed by atoms with Gasteiger partial charge in [-0.2, -0.15) is 5.10 Å². The maximum atomic E-state index is 6.46. The Morgan fingerprint density at radius 2 is 2.20 bits per heavy atom. The average Bonchev–Trinajstić information content (AvgIpc) is 2.96. The highest BCUT2D eigenvalue weighted by Crippen LogP contribution is 2.27. The molecule has 20 heavy (non-hydrogen) atoms. The van der Waals surface area contributed by atoms with E-state index in [2.05, 4.69) is 31.2 Å². The molecule has 4 nitrogen and oxygen atoms in total. The first-order chi connectivity index (χ1) is 9.56. The number of ether oxygens (including phenoxy) is 1. The van der Waals surface area contributed by atoms with Crippen LogP contribution in [0.15, 0.2) is 0 Å². The number of aromatic nitrogens is 2. The second kappa shape index (κ2) is 6.92. The number of rotatable bonds is 6. The number of hydrogen-bond donors (Lipinski definition) is 1. The van der Waals surface area contributed by atoms with Crippen molar-refractivity contribution < 1.29 is 4.74 Å². The Morgan fingerprint density at radius 1 is 1.45 bits per heavy atom. The van der Waals surface area contributed by atoms with Crippen LogP contribution >= 0.6 is 11.6 Å². The Kier molecular flexibility index (Phi) is 5.47. The van der Waals surface area contributed by atoms with Gasteiger partial charge < -0.3 is 10.1 Å². The Hall–Kier alpha value is -0.580. The van der Waals surface area contributed by atoms with E-state index in [1.54, 1.807) is 0 Å². The summed E-state index contributed by atoms with van der Waals surface area (Å²) in [6.07, 6.45) is 4.65. The Bertz CT molecular complexity index is 447. The van der Waals surface area contributed by atoms with Gasteiger partial charge in [0.2, 0.25) is 0 Å². The van der Waals surface area contributed by atoms with E-state index in [-0.39, 0.29) is 6.10 Å². The lowest BCUT2D eigenvalue weighted by Gasteiger charge is -2.24. The number of hydrogen-bond acceptors (Lipinski definition) is 3. The highest BCUT2D eigenvalue weighted by molar-refractivity contribution is 6.31. The minimum Gasteiger partial charge on any atom is -0.374 e. The van der Waals surface area contributed by atoms with Crippen molar-refractivity contribution in [3.8, 4) is 0 Å². The lowest BCUT2D eigenvalue weighted by molar-refractivity contribution is 0.0320. The molecular weight excluding hydrogens is 274 g/mol. The van der Waals surface area contributed by atoms with Crippen LogP contribution in [0.3, 0.4) is 0 Å². The number of nitrogens with one attached hydrogen (secondary N) is 1. The molecular formula is C15H26ClN3O. The third kappa shape index (κ3) is 3.35. The van der Waals surface area contributed by atoms with Crippen molar-refractivity contribution in [2.75, 3.05) is 6.54 Å². The zero-order valence-corrected chi connectivity index (χ0v) is 13.7. The molecule has 0 saturated carbocycles. The molecule has 3 unspecified atom stereocenters. The fourth-order valence-corrected chi connectivity index (χ4v) is 3.35. The molecule has 0 amide bonds. The van der Waals surface area contributed by atoms with Crippen LogP contribution in [0.2, 0.25) is 5.02 Å². The van der Waals surface area contributed by atoms with Gasteiger partial charge in [-0.15, -0.1) is 0 Å². The predicted octanol–water partition coefficient (Wildman–Crippen LogP) is 2.72. The number of halogens is 1. The second-order valence-corrected chi connectivity index (χ2v) is 5.99. The summed E-state index contributed by atoms with van der Waals surface area (Å²) >= 11 is 6.46. The van der Waals surface area contributed by atoms with Crippen molar-refractivity contribution in [1.82, 2.24) is 15.1 Å². The highest BCUT2D eigenvalue weighted by Gasteiger charge is 2.30. The molecule has 0 radical (unpaired) electrons. The maximum absolute atomic E-state index is 6.46. The van der Waals surface area contributed by atoms with Crippen molar-refractivity contribution in [2.45, 2.75) is 64.7 Å². The first-order valence-corrected chi connectivity index (χ1v) is 8.03. The molecule has 1 saturated heterocycles. The Labute approximate surface area is 126 Å². The zero-order valence-electron chi connectivity index (χ0n) is 12.9. The number of likely N-dealkylation sites (N-methyl/N-ethyl adjacent to an activating group) is 1. The van der Waals surface area contributed by atoms with Crippen LogP contribution in [0.25, 0.3) is 0 Å². The van der Waals surface area contributed by atoms with Crippen LogP contribution in [0.1, 0.15) is 45.0 Å². The first-order valence-electron chi connectivity index (χ1n) is 7.65. The van der Waals surface area contributed by atoms with Crippen molar-refractivity contribution in [1.29, 1.82) is 0 Å². The van der Waals surface area contributed by atoms with Crippen molar-refractivity contribution >= 4 is 11.6 Å². The Morgan fingerprint density at radius 3 is 2.70 bits per heavy atom. The molecule has 2 rings (SSSR count). The minimum absolute atomic E-state index is 0.279. The molecule has 1 N–H and O–H groups in total. The van der Waals surface area contributed by atoms with Crippen LogP contribution in [-0.2, 0) is 24.6 Å². The van der Waals surface area contributed by atoms with E-state index in [1.807, 2.05) is 11.7 Å². The SMILES string of the molecule is CCNC(Cc1c(Cl)c(CC)nn1C)C1CCC(C)O1. The molecule has 0 bridgehead atoms. The van der Waals surface area contributed by atoms with Gasteiger partial charge >= 0.3 is 0 Å². The summed E-state index contributed by atoms with van der Waals surface area (Å²) in [5, 5.41) is 8.87. The number of nitrogens with zero attached hydrogens (tertiary/aromatic N) is 2. The molecule has 5 heteroatoms. The van der Waals surface area contributed by atoms with Crippen LogP contribution in [0.4, 0.5) is 0 Å². The molecule has 0 aromatic carbocycles. The van der Waals surface area contributed by atoms with Gasteiger partial charge in [0.05, 0.1) is 28.6 Å². The summed E-state index contributed by atoms with van der Waals surface area (Å²) in [5.74, 6) is 0. The lowest BCUT2D eigenvalue weighted by Crippen LogP contribution is -2.42. The summed E-state index contributed by atoms with van der Waals surface area (Å²) in [6.45, 7) is 7.31. The second-order valence-electron chi connectivity index (χ2n) is 5.62. The van der Waals surface area contributed by atoms with Crippen molar-refractivity contribution in [3.63, 3.8) is 0 Å². The fraction of sp³-hybridized carbons (Fsp3) is 0.800.